The molecule has 4 rings (SSSR count). The molecule has 2 aromatic carbocycles. The van der Waals surface area contributed by atoms with Gasteiger partial charge in [0.1, 0.15) is 11.0 Å². The van der Waals surface area contributed by atoms with Gasteiger partial charge in [-0.05, 0) is 48.9 Å². The number of nitrogens with zero attached hydrogens (tertiary/aromatic N) is 4. The smallest absolute Gasteiger partial charge is 0.257 e. The Morgan fingerprint density at radius 3 is 2.48 bits per heavy atom. The lowest BCUT2D eigenvalue weighted by Crippen LogP contribution is -2.12. The van der Waals surface area contributed by atoms with Gasteiger partial charge in [0, 0.05) is 18.1 Å². The van der Waals surface area contributed by atoms with Crippen LogP contribution in [0.3, 0.4) is 0 Å². The molecular formula is C19H15N5O. The van der Waals surface area contributed by atoms with E-state index >= 15 is 0 Å². The van der Waals surface area contributed by atoms with Crippen molar-refractivity contribution in [1.82, 2.24) is 20.0 Å². The van der Waals surface area contributed by atoms with Gasteiger partial charge in [0.2, 0.25) is 0 Å². The summed E-state index contributed by atoms with van der Waals surface area (Å²) in [5.41, 5.74) is 4.52. The molecule has 0 fully saturated rings. The fourth-order valence-electron chi connectivity index (χ4n) is 2.57. The third-order valence-electron chi connectivity index (χ3n) is 3.89. The molecule has 0 saturated carbocycles. The number of nitrogens with one attached hydrogen (secondary N) is 1. The molecule has 0 radical (unpaired) electrons. The number of aryl methyl sites for hydroxylation is 1. The van der Waals surface area contributed by atoms with Crippen molar-refractivity contribution >= 4 is 22.6 Å². The topological polar surface area (TPSA) is 72.7 Å². The molecule has 6 heteroatoms. The number of carbonyl (C=O) groups is 1. The molecule has 0 atom stereocenters. The minimum Gasteiger partial charge on any atom is -0.322 e. The molecule has 0 unspecified atom stereocenters. The highest BCUT2D eigenvalue weighted by molar-refractivity contribution is 6.05. The lowest BCUT2D eigenvalue weighted by Gasteiger charge is -2.07. The number of amides is 1. The summed E-state index contributed by atoms with van der Waals surface area (Å²) >= 11 is 0. The van der Waals surface area contributed by atoms with E-state index in [4.69, 9.17) is 0 Å². The molecule has 0 aliphatic heterocycles. The van der Waals surface area contributed by atoms with E-state index < -0.39 is 0 Å². The molecule has 0 saturated heterocycles. The standard InChI is InChI=1S/C19H15N5O/c1-13-10-17-18(23-24(22-17)15-7-3-2-4-8-15)11-16(13)21-19(25)14-6-5-9-20-12-14/h2-12H,1H3,(H,21,25). The molecule has 122 valence electrons. The van der Waals surface area contributed by atoms with E-state index in [9.17, 15) is 4.79 Å². The second-order valence-electron chi connectivity index (χ2n) is 5.68. The van der Waals surface area contributed by atoms with Crippen LogP contribution < -0.4 is 5.32 Å². The number of fused-ring (bicyclic) bond motifs is 1. The summed E-state index contributed by atoms with van der Waals surface area (Å²) in [5, 5.41) is 11.9. The van der Waals surface area contributed by atoms with Crippen molar-refractivity contribution < 1.29 is 4.79 Å². The van der Waals surface area contributed by atoms with Crippen LogP contribution in [0, 0.1) is 6.92 Å². The molecule has 0 aliphatic rings. The lowest BCUT2D eigenvalue weighted by atomic mass is 10.1. The third-order valence-corrected chi connectivity index (χ3v) is 3.89. The number of hydrogen-bond donors (Lipinski definition) is 1. The number of hydrogen-bond acceptors (Lipinski definition) is 4. The summed E-state index contributed by atoms with van der Waals surface area (Å²) in [7, 11) is 0. The highest BCUT2D eigenvalue weighted by Crippen LogP contribution is 2.22. The molecule has 25 heavy (non-hydrogen) atoms. The number of para-hydroxylation sites is 1. The second-order valence-corrected chi connectivity index (χ2v) is 5.68. The van der Waals surface area contributed by atoms with Crippen LogP contribution in [0.15, 0.2) is 67.0 Å². The first-order valence-corrected chi connectivity index (χ1v) is 7.85. The van der Waals surface area contributed by atoms with Crippen molar-refractivity contribution in [2.75, 3.05) is 5.32 Å². The molecule has 0 bridgehead atoms. The molecule has 0 spiro atoms. The first-order valence-electron chi connectivity index (χ1n) is 7.85. The van der Waals surface area contributed by atoms with E-state index in [1.807, 2.05) is 49.4 Å². The van der Waals surface area contributed by atoms with Gasteiger partial charge < -0.3 is 5.32 Å². The van der Waals surface area contributed by atoms with E-state index in [-0.39, 0.29) is 5.91 Å². The van der Waals surface area contributed by atoms with E-state index in [0.29, 0.717) is 11.3 Å². The van der Waals surface area contributed by atoms with Gasteiger partial charge in [0.15, 0.2) is 0 Å². The second kappa shape index (κ2) is 6.16. The molecule has 2 heterocycles. The Balaban J connectivity index is 1.68. The van der Waals surface area contributed by atoms with Gasteiger partial charge in [-0.1, -0.05) is 18.2 Å². The van der Waals surface area contributed by atoms with Crippen molar-refractivity contribution in [1.29, 1.82) is 0 Å². The zero-order chi connectivity index (χ0) is 17.2. The van der Waals surface area contributed by atoms with Crippen molar-refractivity contribution in [2.45, 2.75) is 6.92 Å². The Hall–Kier alpha value is -3.54. The van der Waals surface area contributed by atoms with Crippen molar-refractivity contribution in [3.63, 3.8) is 0 Å². The zero-order valence-corrected chi connectivity index (χ0v) is 13.5. The van der Waals surface area contributed by atoms with Gasteiger partial charge in [0.05, 0.1) is 11.3 Å². The SMILES string of the molecule is Cc1cc2nn(-c3ccccc3)nc2cc1NC(=O)c1cccnc1. The Morgan fingerprint density at radius 1 is 1.00 bits per heavy atom. The molecule has 2 aromatic heterocycles. The monoisotopic (exact) mass is 329 g/mol. The Kier molecular flexibility index (Phi) is 3.70. The predicted molar refractivity (Wildman–Crippen MR) is 95.8 cm³/mol. The predicted octanol–water partition coefficient (Wildman–Crippen LogP) is 3.38. The van der Waals surface area contributed by atoms with E-state index in [1.165, 1.54) is 6.20 Å². The van der Waals surface area contributed by atoms with Crippen LogP contribution in [0.5, 0.6) is 0 Å². The van der Waals surface area contributed by atoms with Crippen molar-refractivity contribution in [3.05, 3.63) is 78.1 Å². The third kappa shape index (κ3) is 2.97. The minimum absolute atomic E-state index is 0.203. The zero-order valence-electron chi connectivity index (χ0n) is 13.5. The number of rotatable bonds is 3. The lowest BCUT2D eigenvalue weighted by molar-refractivity contribution is 0.102. The fourth-order valence-corrected chi connectivity index (χ4v) is 2.57. The van der Waals surface area contributed by atoms with Crippen molar-refractivity contribution in [3.8, 4) is 5.69 Å². The number of benzene rings is 2. The van der Waals surface area contributed by atoms with Gasteiger partial charge in [-0.25, -0.2) is 0 Å². The summed E-state index contributed by atoms with van der Waals surface area (Å²) in [5.74, 6) is -0.203. The number of aromatic nitrogens is 4. The summed E-state index contributed by atoms with van der Waals surface area (Å²) < 4.78 is 0. The number of pyridine rings is 1. The number of anilines is 1. The Labute approximate surface area is 144 Å². The van der Waals surface area contributed by atoms with Crippen LogP contribution >= 0.6 is 0 Å². The van der Waals surface area contributed by atoms with E-state index in [1.54, 1.807) is 23.1 Å². The Bertz CT molecular complexity index is 1040. The molecule has 4 aromatic rings. The maximum absolute atomic E-state index is 12.3. The number of carbonyl (C=O) groups excluding carboxylic acids is 1. The molecular weight excluding hydrogens is 314 g/mol. The van der Waals surface area contributed by atoms with Crippen LogP contribution in [0.2, 0.25) is 0 Å². The molecule has 1 N–H and O–H groups in total. The van der Waals surface area contributed by atoms with Crippen molar-refractivity contribution in [2.24, 2.45) is 0 Å². The average molecular weight is 329 g/mol. The quantitative estimate of drug-likeness (QED) is 0.625. The first kappa shape index (κ1) is 15.0. The normalized spacial score (nSPS) is 10.8. The van der Waals surface area contributed by atoms with Crippen LogP contribution in [-0.4, -0.2) is 25.9 Å². The summed E-state index contributed by atoms with van der Waals surface area (Å²) in [6.45, 7) is 1.93. The maximum atomic E-state index is 12.3. The molecule has 6 nitrogen and oxygen atoms in total. The van der Waals surface area contributed by atoms with Gasteiger partial charge in [-0.2, -0.15) is 4.80 Å². The van der Waals surface area contributed by atoms with Gasteiger partial charge in [-0.15, -0.1) is 10.2 Å². The van der Waals surface area contributed by atoms with Crippen LogP contribution in [-0.2, 0) is 0 Å². The summed E-state index contributed by atoms with van der Waals surface area (Å²) in [6, 6.07) is 16.9. The van der Waals surface area contributed by atoms with Crippen LogP contribution in [0.25, 0.3) is 16.7 Å². The fraction of sp³-hybridized carbons (Fsp3) is 0.0526. The summed E-state index contributed by atoms with van der Waals surface area (Å²) in [6.07, 6.45) is 3.17. The van der Waals surface area contributed by atoms with E-state index in [0.717, 1.165) is 22.3 Å². The summed E-state index contributed by atoms with van der Waals surface area (Å²) in [4.78, 5) is 17.9. The minimum atomic E-state index is -0.203. The van der Waals surface area contributed by atoms with Crippen LogP contribution in [0.4, 0.5) is 5.69 Å². The van der Waals surface area contributed by atoms with Gasteiger partial charge in [-0.3, -0.25) is 9.78 Å². The highest BCUT2D eigenvalue weighted by Gasteiger charge is 2.11. The molecule has 0 aliphatic carbocycles. The van der Waals surface area contributed by atoms with Gasteiger partial charge >= 0.3 is 0 Å². The Morgan fingerprint density at radius 2 is 1.76 bits per heavy atom. The highest BCUT2D eigenvalue weighted by atomic mass is 16.1. The average Bonchev–Trinajstić information content (AvgIpc) is 3.06. The largest absolute Gasteiger partial charge is 0.322 e. The van der Waals surface area contributed by atoms with Gasteiger partial charge in [0.25, 0.3) is 5.91 Å². The maximum Gasteiger partial charge on any atom is 0.257 e. The molecule has 1 amide bonds. The van der Waals surface area contributed by atoms with E-state index in [2.05, 4.69) is 20.5 Å². The first-order chi connectivity index (χ1) is 12.2. The van der Waals surface area contributed by atoms with Crippen LogP contribution in [0.1, 0.15) is 15.9 Å².